The molecule has 3 rings (SSSR count). The number of urea groups is 1. The molecule has 11 heteroatoms. The number of alkyl halides is 3. The molecule has 3 amide bonds. The summed E-state index contributed by atoms with van der Waals surface area (Å²) in [5.74, 6) is -2.48. The van der Waals surface area contributed by atoms with Gasteiger partial charge in [0.2, 0.25) is 0 Å². The third-order valence-electron chi connectivity index (χ3n) is 4.90. The predicted octanol–water partition coefficient (Wildman–Crippen LogP) is 5.04. The molecule has 0 bridgehead atoms. The fourth-order valence-corrected chi connectivity index (χ4v) is 3.19. The number of benzene rings is 3. The van der Waals surface area contributed by atoms with Crippen LogP contribution in [0.1, 0.15) is 31.8 Å². The summed E-state index contributed by atoms with van der Waals surface area (Å²) in [7, 11) is 2.30. The van der Waals surface area contributed by atoms with Gasteiger partial charge in [-0.2, -0.15) is 13.2 Å². The number of rotatable bonds is 7. The molecule has 0 radical (unpaired) electrons. The molecule has 36 heavy (non-hydrogen) atoms. The maximum Gasteiger partial charge on any atom is 0.417 e. The summed E-state index contributed by atoms with van der Waals surface area (Å²) < 4.78 is 56.5. The second-order valence-corrected chi connectivity index (χ2v) is 7.27. The Kier molecular flexibility index (Phi) is 8.15. The average Bonchev–Trinajstić information content (AvgIpc) is 2.86. The minimum Gasteiger partial charge on any atom is -0.493 e. The van der Waals surface area contributed by atoms with E-state index in [9.17, 15) is 27.6 Å². The molecule has 8 nitrogen and oxygen atoms in total. The molecule has 188 valence electrons. The number of methoxy groups -OCH3 is 2. The number of halogens is 3. The van der Waals surface area contributed by atoms with Crippen LogP contribution in [0, 0.1) is 0 Å². The van der Waals surface area contributed by atoms with E-state index in [0.717, 1.165) is 25.8 Å². The van der Waals surface area contributed by atoms with Crippen molar-refractivity contribution in [2.45, 2.75) is 12.8 Å². The van der Waals surface area contributed by atoms with Crippen LogP contribution >= 0.6 is 0 Å². The molecule has 0 fully saturated rings. The Morgan fingerprint density at radius 1 is 0.861 bits per heavy atom. The summed E-state index contributed by atoms with van der Waals surface area (Å²) in [5.41, 5.74) is -1.48. The summed E-state index contributed by atoms with van der Waals surface area (Å²) in [4.78, 5) is 37.0. The van der Waals surface area contributed by atoms with Crippen LogP contribution in [0.5, 0.6) is 11.5 Å². The first-order valence-corrected chi connectivity index (χ1v) is 10.4. The van der Waals surface area contributed by atoms with Crippen molar-refractivity contribution in [1.29, 1.82) is 0 Å². The Morgan fingerprint density at radius 2 is 1.53 bits per heavy atom. The van der Waals surface area contributed by atoms with Gasteiger partial charge < -0.3 is 19.5 Å². The lowest BCUT2D eigenvalue weighted by Crippen LogP contribution is -2.36. The van der Waals surface area contributed by atoms with Gasteiger partial charge in [0.05, 0.1) is 36.6 Å². The van der Waals surface area contributed by atoms with Crippen molar-refractivity contribution < 1.29 is 41.8 Å². The number of ether oxygens (including phenoxy) is 3. The number of imide groups is 1. The number of amides is 3. The van der Waals surface area contributed by atoms with Gasteiger partial charge in [0.25, 0.3) is 5.91 Å². The van der Waals surface area contributed by atoms with Gasteiger partial charge in [-0.3, -0.25) is 10.1 Å². The van der Waals surface area contributed by atoms with Crippen molar-refractivity contribution in [3.63, 3.8) is 0 Å². The Morgan fingerprint density at radius 3 is 2.17 bits per heavy atom. The lowest BCUT2D eigenvalue weighted by Gasteiger charge is -2.18. The number of nitrogens with one attached hydrogen (secondary N) is 2. The minimum absolute atomic E-state index is 0.00553. The van der Waals surface area contributed by atoms with Gasteiger partial charge in [0.1, 0.15) is 6.61 Å². The van der Waals surface area contributed by atoms with E-state index in [1.165, 1.54) is 24.3 Å². The second kappa shape index (κ2) is 11.3. The van der Waals surface area contributed by atoms with Crippen molar-refractivity contribution in [3.8, 4) is 11.5 Å². The molecule has 0 aliphatic carbocycles. The summed E-state index contributed by atoms with van der Waals surface area (Å²) in [6.45, 7) is -0.00553. The van der Waals surface area contributed by atoms with E-state index in [1.54, 1.807) is 30.3 Å². The second-order valence-electron chi connectivity index (χ2n) is 7.27. The van der Waals surface area contributed by atoms with Gasteiger partial charge in [-0.15, -0.1) is 0 Å². The number of anilines is 1. The molecular formula is C25H21F3N2O6. The van der Waals surface area contributed by atoms with E-state index < -0.39 is 35.2 Å². The number of carbonyl (C=O) groups is 3. The van der Waals surface area contributed by atoms with E-state index in [1.807, 2.05) is 5.32 Å². The number of carbonyl (C=O) groups excluding carboxylic acids is 3. The Balaban J connectivity index is 1.88. The fraction of sp³-hybridized carbons (Fsp3) is 0.160. The highest BCUT2D eigenvalue weighted by Gasteiger charge is 2.37. The van der Waals surface area contributed by atoms with E-state index >= 15 is 0 Å². The molecule has 3 aromatic rings. The van der Waals surface area contributed by atoms with Gasteiger partial charge in [-0.25, -0.2) is 9.59 Å². The van der Waals surface area contributed by atoms with E-state index in [-0.39, 0.29) is 29.4 Å². The number of esters is 1. The molecule has 0 aliphatic heterocycles. The van der Waals surface area contributed by atoms with Crippen LogP contribution in [-0.4, -0.2) is 32.1 Å². The predicted molar refractivity (Wildman–Crippen MR) is 123 cm³/mol. The molecule has 0 atom stereocenters. The maximum atomic E-state index is 13.7. The molecule has 0 heterocycles. The number of hydrogen-bond acceptors (Lipinski definition) is 6. The zero-order chi connectivity index (χ0) is 26.3. The quantitative estimate of drug-likeness (QED) is 0.439. The normalized spacial score (nSPS) is 10.8. The van der Waals surface area contributed by atoms with E-state index in [0.29, 0.717) is 6.07 Å². The molecular weight excluding hydrogens is 481 g/mol. The van der Waals surface area contributed by atoms with Crippen LogP contribution in [0.3, 0.4) is 0 Å². The maximum absolute atomic E-state index is 13.7. The highest BCUT2D eigenvalue weighted by Crippen LogP contribution is 2.39. The van der Waals surface area contributed by atoms with Gasteiger partial charge in [0, 0.05) is 0 Å². The molecule has 0 saturated carbocycles. The van der Waals surface area contributed by atoms with Crippen LogP contribution in [0.25, 0.3) is 0 Å². The zero-order valence-electron chi connectivity index (χ0n) is 19.1. The molecule has 0 saturated heterocycles. The SMILES string of the molecule is COC(=O)c1ccccc1NC(=O)NC(=O)c1cc(OCc2ccccc2)c(OC)cc1C(F)(F)F. The largest absolute Gasteiger partial charge is 0.493 e. The van der Waals surface area contributed by atoms with Gasteiger partial charge in [-0.1, -0.05) is 42.5 Å². The van der Waals surface area contributed by atoms with Crippen molar-refractivity contribution in [2.24, 2.45) is 0 Å². The van der Waals surface area contributed by atoms with Crippen LogP contribution < -0.4 is 20.1 Å². The van der Waals surface area contributed by atoms with Crippen molar-refractivity contribution in [3.05, 3.63) is 89.0 Å². The van der Waals surface area contributed by atoms with Crippen molar-refractivity contribution in [1.82, 2.24) is 5.32 Å². The standard InChI is InChI=1S/C25H21F3N2O6/c1-34-20-13-18(25(26,27)28)17(12-21(20)36-14-15-8-4-3-5-9-15)22(31)30-24(33)29-19-11-7-6-10-16(19)23(32)35-2/h3-13H,14H2,1-2H3,(H2,29,30,31,33). The Bertz CT molecular complexity index is 1260. The topological polar surface area (TPSA) is 103 Å². The molecule has 0 aliphatic rings. The van der Waals surface area contributed by atoms with Crippen molar-refractivity contribution in [2.75, 3.05) is 19.5 Å². The molecule has 3 aromatic carbocycles. The van der Waals surface area contributed by atoms with Gasteiger partial charge in [-0.05, 0) is 29.8 Å². The zero-order valence-corrected chi connectivity index (χ0v) is 19.1. The smallest absolute Gasteiger partial charge is 0.417 e. The highest BCUT2D eigenvalue weighted by atomic mass is 19.4. The molecule has 0 unspecified atom stereocenters. The van der Waals surface area contributed by atoms with Crippen LogP contribution in [0.2, 0.25) is 0 Å². The minimum atomic E-state index is -4.94. The van der Waals surface area contributed by atoms with Crippen LogP contribution in [-0.2, 0) is 17.5 Å². The van der Waals surface area contributed by atoms with E-state index in [4.69, 9.17) is 9.47 Å². The monoisotopic (exact) mass is 502 g/mol. The summed E-state index contributed by atoms with van der Waals surface area (Å²) in [5, 5.41) is 4.10. The lowest BCUT2D eigenvalue weighted by molar-refractivity contribution is -0.138. The molecule has 0 spiro atoms. The third-order valence-corrected chi connectivity index (χ3v) is 4.90. The first-order valence-electron chi connectivity index (χ1n) is 10.4. The van der Waals surface area contributed by atoms with E-state index in [2.05, 4.69) is 10.1 Å². The van der Waals surface area contributed by atoms with Crippen LogP contribution in [0.15, 0.2) is 66.7 Å². The summed E-state index contributed by atoms with van der Waals surface area (Å²) in [6, 6.07) is 14.9. The first kappa shape index (κ1) is 26.1. The van der Waals surface area contributed by atoms with Gasteiger partial charge in [0.15, 0.2) is 11.5 Å². The summed E-state index contributed by atoms with van der Waals surface area (Å²) >= 11 is 0. The lowest BCUT2D eigenvalue weighted by atomic mass is 10.0. The first-order chi connectivity index (χ1) is 17.1. The highest BCUT2D eigenvalue weighted by molar-refractivity contribution is 6.10. The third kappa shape index (κ3) is 6.32. The van der Waals surface area contributed by atoms with Crippen LogP contribution in [0.4, 0.5) is 23.7 Å². The summed E-state index contributed by atoms with van der Waals surface area (Å²) in [6.07, 6.45) is -4.94. The Hall–Kier alpha value is -4.54. The number of para-hydroxylation sites is 1. The van der Waals surface area contributed by atoms with Gasteiger partial charge >= 0.3 is 18.2 Å². The Labute approximate surface area is 204 Å². The average molecular weight is 502 g/mol. The van der Waals surface area contributed by atoms with Crippen molar-refractivity contribution >= 4 is 23.6 Å². The molecule has 0 aromatic heterocycles. The fourth-order valence-electron chi connectivity index (χ4n) is 3.19. The molecule has 2 N–H and O–H groups in total. The number of hydrogen-bond donors (Lipinski definition) is 2.